The van der Waals surface area contributed by atoms with Gasteiger partial charge in [0.05, 0.1) is 32.4 Å². The van der Waals surface area contributed by atoms with E-state index in [1.165, 1.54) is 41.8 Å². The number of nitrogens with one attached hydrogen (secondary N) is 3. The van der Waals surface area contributed by atoms with Crippen molar-refractivity contribution in [2.24, 2.45) is 5.92 Å². The molecule has 1 aliphatic rings. The monoisotopic (exact) mass is 665 g/mol. The normalized spacial score (nSPS) is 15.0. The lowest BCUT2D eigenvalue weighted by molar-refractivity contribution is -0.159. The molecule has 1 saturated heterocycles. The highest BCUT2D eigenvalue weighted by molar-refractivity contribution is 7.21. The molecule has 13 heteroatoms. The Bertz CT molecular complexity index is 1790. The maximum absolute atomic E-state index is 14.9. The largest absolute Gasteiger partial charge is 0.460 e. The third-order valence-corrected chi connectivity index (χ3v) is 8.47. The van der Waals surface area contributed by atoms with E-state index in [2.05, 4.69) is 25.8 Å². The predicted octanol–water partition coefficient (Wildman–Crippen LogP) is 7.10. The summed E-state index contributed by atoms with van der Waals surface area (Å²) in [5, 5.41) is 7.69. The summed E-state index contributed by atoms with van der Waals surface area (Å²) < 4.78 is 40.9. The second-order valence-corrected chi connectivity index (χ2v) is 13.4. The SMILES string of the molecule is Cc1ccc(F)c(NC(=O)Nc2ccc(Oc3ccnc4cc(C(=O)NCCCN5CCC(C(=O)OC(C)(C)C)C5)sc34)cc2F)c1. The lowest BCUT2D eigenvalue weighted by Gasteiger charge is -2.22. The van der Waals surface area contributed by atoms with Gasteiger partial charge in [0.1, 0.15) is 28.7 Å². The molecule has 1 atom stereocenters. The van der Waals surface area contributed by atoms with Gasteiger partial charge in [0, 0.05) is 31.4 Å². The van der Waals surface area contributed by atoms with E-state index in [-0.39, 0.29) is 34.9 Å². The van der Waals surface area contributed by atoms with Crippen molar-refractivity contribution in [2.45, 2.75) is 46.1 Å². The van der Waals surface area contributed by atoms with Gasteiger partial charge in [-0.1, -0.05) is 6.07 Å². The summed E-state index contributed by atoms with van der Waals surface area (Å²) in [6, 6.07) is 10.7. The second kappa shape index (κ2) is 14.4. The van der Waals surface area contributed by atoms with Crippen molar-refractivity contribution in [3.05, 3.63) is 76.8 Å². The maximum Gasteiger partial charge on any atom is 0.323 e. The number of carbonyl (C=O) groups is 3. The quantitative estimate of drug-likeness (QED) is 0.122. The van der Waals surface area contributed by atoms with Gasteiger partial charge in [-0.3, -0.25) is 14.6 Å². The average Bonchev–Trinajstić information content (AvgIpc) is 3.66. The molecule has 3 N–H and O–H groups in total. The number of ether oxygens (including phenoxy) is 2. The maximum atomic E-state index is 14.9. The molecule has 10 nitrogen and oxygen atoms in total. The topological polar surface area (TPSA) is 122 Å². The predicted molar refractivity (Wildman–Crippen MR) is 177 cm³/mol. The number of aryl methyl sites for hydroxylation is 1. The Balaban J connectivity index is 1.13. The number of halogens is 2. The lowest BCUT2D eigenvalue weighted by atomic mass is 10.1. The average molecular weight is 666 g/mol. The van der Waals surface area contributed by atoms with Crippen molar-refractivity contribution in [3.8, 4) is 11.5 Å². The zero-order chi connectivity index (χ0) is 33.7. The lowest BCUT2D eigenvalue weighted by Crippen LogP contribution is -2.32. The molecule has 0 radical (unpaired) electrons. The van der Waals surface area contributed by atoms with Crippen LogP contribution >= 0.6 is 11.3 Å². The van der Waals surface area contributed by atoms with Crippen LogP contribution in [-0.4, -0.2) is 59.6 Å². The molecule has 1 aliphatic heterocycles. The van der Waals surface area contributed by atoms with Crippen molar-refractivity contribution in [1.82, 2.24) is 15.2 Å². The summed E-state index contributed by atoms with van der Waals surface area (Å²) in [7, 11) is 0. The van der Waals surface area contributed by atoms with Crippen LogP contribution in [0.15, 0.2) is 54.7 Å². The van der Waals surface area contributed by atoms with Crippen LogP contribution in [0.2, 0.25) is 0 Å². The molecule has 3 amide bonds. The van der Waals surface area contributed by atoms with Crippen molar-refractivity contribution < 1.29 is 32.6 Å². The summed E-state index contributed by atoms with van der Waals surface area (Å²) in [5.74, 6) is -1.33. The molecule has 5 rings (SSSR count). The van der Waals surface area contributed by atoms with Gasteiger partial charge in [-0.05, 0) is 89.5 Å². The van der Waals surface area contributed by atoms with Crippen LogP contribution in [0.3, 0.4) is 0 Å². The van der Waals surface area contributed by atoms with Gasteiger partial charge >= 0.3 is 12.0 Å². The number of esters is 1. The van der Waals surface area contributed by atoms with Gasteiger partial charge in [-0.25, -0.2) is 13.6 Å². The number of nitrogens with zero attached hydrogens (tertiary/aromatic N) is 2. The molecule has 0 bridgehead atoms. The van der Waals surface area contributed by atoms with Gasteiger partial charge in [0.2, 0.25) is 0 Å². The third kappa shape index (κ3) is 9.01. The first kappa shape index (κ1) is 33.7. The smallest absolute Gasteiger partial charge is 0.323 e. The fourth-order valence-corrected chi connectivity index (χ4v) is 6.09. The summed E-state index contributed by atoms with van der Waals surface area (Å²) in [5.41, 5.74) is 0.666. The number of urea groups is 1. The number of likely N-dealkylation sites (tertiary alicyclic amines) is 1. The zero-order valence-corrected chi connectivity index (χ0v) is 27.4. The van der Waals surface area contributed by atoms with Crippen LogP contribution in [-0.2, 0) is 9.53 Å². The molecular weight excluding hydrogens is 628 g/mol. The number of anilines is 2. The molecule has 1 fully saturated rings. The molecule has 0 spiro atoms. The molecule has 2 aromatic carbocycles. The van der Waals surface area contributed by atoms with Crippen molar-refractivity contribution in [1.29, 1.82) is 0 Å². The van der Waals surface area contributed by atoms with E-state index in [0.29, 0.717) is 33.9 Å². The van der Waals surface area contributed by atoms with Crippen LogP contribution < -0.4 is 20.7 Å². The fraction of sp³-hybridized carbons (Fsp3) is 0.353. The molecule has 0 saturated carbocycles. The molecule has 248 valence electrons. The van der Waals surface area contributed by atoms with E-state index in [1.54, 1.807) is 25.1 Å². The summed E-state index contributed by atoms with van der Waals surface area (Å²) in [6.45, 7) is 10.0. The third-order valence-electron chi connectivity index (χ3n) is 7.34. The minimum Gasteiger partial charge on any atom is -0.460 e. The Hall–Kier alpha value is -4.62. The first-order valence-corrected chi connectivity index (χ1v) is 16.1. The number of rotatable bonds is 10. The number of fused-ring (bicyclic) bond motifs is 1. The van der Waals surface area contributed by atoms with Gasteiger partial charge in [-0.15, -0.1) is 11.3 Å². The minimum absolute atomic E-state index is 0.0227. The Morgan fingerprint density at radius 2 is 1.81 bits per heavy atom. The molecule has 2 aromatic heterocycles. The molecule has 0 aliphatic carbocycles. The number of hydrogen-bond acceptors (Lipinski definition) is 8. The number of aromatic nitrogens is 1. The number of hydrogen-bond donors (Lipinski definition) is 3. The number of amides is 3. The second-order valence-electron chi connectivity index (χ2n) is 12.4. The van der Waals surface area contributed by atoms with Crippen LogP contribution in [0.4, 0.5) is 25.0 Å². The van der Waals surface area contributed by atoms with Gasteiger partial charge < -0.3 is 30.3 Å². The van der Waals surface area contributed by atoms with E-state index in [0.717, 1.165) is 37.6 Å². The Morgan fingerprint density at radius 3 is 2.57 bits per heavy atom. The minimum atomic E-state index is -0.801. The fourth-order valence-electron chi connectivity index (χ4n) is 5.11. The summed E-state index contributed by atoms with van der Waals surface area (Å²) in [6.07, 6.45) is 3.03. The van der Waals surface area contributed by atoms with E-state index in [4.69, 9.17) is 9.47 Å². The Labute approximate surface area is 275 Å². The molecule has 3 heterocycles. The van der Waals surface area contributed by atoms with Crippen molar-refractivity contribution >= 4 is 50.8 Å². The van der Waals surface area contributed by atoms with Gasteiger partial charge in [-0.2, -0.15) is 0 Å². The zero-order valence-electron chi connectivity index (χ0n) is 26.6. The first-order chi connectivity index (χ1) is 22.3. The molecule has 47 heavy (non-hydrogen) atoms. The van der Waals surface area contributed by atoms with Crippen LogP contribution in [0.5, 0.6) is 11.5 Å². The molecular formula is C34H37F2N5O5S. The summed E-state index contributed by atoms with van der Waals surface area (Å²) in [4.78, 5) is 44.6. The Kier molecular flexibility index (Phi) is 10.4. The van der Waals surface area contributed by atoms with Crippen LogP contribution in [0.1, 0.15) is 48.8 Å². The highest BCUT2D eigenvalue weighted by atomic mass is 32.1. The van der Waals surface area contributed by atoms with E-state index >= 15 is 0 Å². The Morgan fingerprint density at radius 1 is 1.02 bits per heavy atom. The highest BCUT2D eigenvalue weighted by Gasteiger charge is 2.31. The summed E-state index contributed by atoms with van der Waals surface area (Å²) >= 11 is 1.21. The van der Waals surface area contributed by atoms with Gasteiger partial charge in [0.25, 0.3) is 5.91 Å². The molecule has 4 aromatic rings. The van der Waals surface area contributed by atoms with Crippen molar-refractivity contribution in [2.75, 3.05) is 36.8 Å². The standard InChI is InChI=1S/C34H37F2N5O5S/c1-20-6-8-23(35)26(16-20)40-33(44)39-25-9-7-22(17-24(25)36)45-28-10-13-37-27-18-29(47-30(27)28)31(42)38-12-5-14-41-15-11-21(19-41)32(43)46-34(2,3)4/h6-10,13,16-18,21H,5,11-12,14-15,19H2,1-4H3,(H,38,42)(H2,39,40,44). The molecule has 1 unspecified atom stereocenters. The van der Waals surface area contributed by atoms with Crippen LogP contribution in [0, 0.1) is 24.5 Å². The first-order valence-electron chi connectivity index (χ1n) is 15.3. The van der Waals surface area contributed by atoms with Crippen molar-refractivity contribution in [3.63, 3.8) is 0 Å². The number of pyridine rings is 1. The van der Waals surface area contributed by atoms with E-state index < -0.39 is 23.3 Å². The van der Waals surface area contributed by atoms with Gasteiger partial charge in [0.15, 0.2) is 0 Å². The number of carbonyl (C=O) groups excluding carboxylic acids is 3. The highest BCUT2D eigenvalue weighted by Crippen LogP contribution is 2.35. The van der Waals surface area contributed by atoms with E-state index in [9.17, 15) is 23.2 Å². The number of benzene rings is 2. The number of thiophene rings is 1. The van der Waals surface area contributed by atoms with Crippen LogP contribution in [0.25, 0.3) is 10.2 Å². The van der Waals surface area contributed by atoms with E-state index in [1.807, 2.05) is 20.8 Å².